The number of primary amides is 1. The van der Waals surface area contributed by atoms with Crippen molar-refractivity contribution in [3.05, 3.63) is 42.5 Å². The fourth-order valence-electron chi connectivity index (χ4n) is 3.30. The van der Waals surface area contributed by atoms with E-state index in [0.29, 0.717) is 6.54 Å². The van der Waals surface area contributed by atoms with Gasteiger partial charge in [-0.3, -0.25) is 4.79 Å². The third-order valence-corrected chi connectivity index (χ3v) is 6.26. The third-order valence-electron chi connectivity index (χ3n) is 4.84. The molecule has 0 radical (unpaired) electrons. The van der Waals surface area contributed by atoms with Crippen molar-refractivity contribution < 1.29 is 13.2 Å². The number of carbonyl (C=O) groups excluding carboxylic acids is 1. The minimum atomic E-state index is -3.52. The number of nitrogens with one attached hydrogen (secondary N) is 1. The molecule has 128 valence electrons. The molecule has 0 atom stereocenters. The Morgan fingerprint density at radius 1 is 1.04 bits per heavy atom. The quantitative estimate of drug-likeness (QED) is 0.871. The Hall–Kier alpha value is -1.92. The summed E-state index contributed by atoms with van der Waals surface area (Å²) in [6, 6.07) is 12.8. The molecule has 1 aliphatic rings. The second-order valence-corrected chi connectivity index (χ2v) is 8.25. The maximum Gasteiger partial charge on any atom is 0.240 e. The molecule has 5 nitrogen and oxygen atoms in total. The van der Waals surface area contributed by atoms with Crippen molar-refractivity contribution in [1.29, 1.82) is 0 Å². The van der Waals surface area contributed by atoms with Crippen molar-refractivity contribution >= 4 is 26.7 Å². The Bertz CT molecular complexity index is 840. The first-order chi connectivity index (χ1) is 11.5. The molecule has 2 aromatic rings. The van der Waals surface area contributed by atoms with Crippen LogP contribution < -0.4 is 10.5 Å². The second-order valence-electron chi connectivity index (χ2n) is 6.48. The number of rotatable bonds is 5. The highest BCUT2D eigenvalue weighted by Gasteiger charge is 2.26. The monoisotopic (exact) mass is 346 g/mol. The van der Waals surface area contributed by atoms with Gasteiger partial charge in [0.05, 0.1) is 4.90 Å². The zero-order valence-electron chi connectivity index (χ0n) is 13.4. The number of hydrogen-bond acceptors (Lipinski definition) is 3. The normalized spacial score (nSPS) is 21.7. The first-order valence-electron chi connectivity index (χ1n) is 8.23. The van der Waals surface area contributed by atoms with Crippen LogP contribution in [0.2, 0.25) is 0 Å². The molecule has 1 fully saturated rings. The lowest BCUT2D eigenvalue weighted by atomic mass is 9.82. The Balaban J connectivity index is 1.64. The first kappa shape index (κ1) is 16.9. The molecule has 24 heavy (non-hydrogen) atoms. The van der Waals surface area contributed by atoms with Crippen molar-refractivity contribution in [2.45, 2.75) is 30.6 Å². The van der Waals surface area contributed by atoms with Crippen LogP contribution in [0.5, 0.6) is 0 Å². The number of benzene rings is 2. The predicted octanol–water partition coefficient (Wildman–Crippen LogP) is 2.41. The molecule has 0 heterocycles. The van der Waals surface area contributed by atoms with Gasteiger partial charge < -0.3 is 5.73 Å². The molecule has 3 N–H and O–H groups in total. The third kappa shape index (κ3) is 3.76. The Morgan fingerprint density at radius 3 is 2.38 bits per heavy atom. The van der Waals surface area contributed by atoms with Gasteiger partial charge in [-0.25, -0.2) is 13.1 Å². The smallest absolute Gasteiger partial charge is 0.240 e. The van der Waals surface area contributed by atoms with Crippen LogP contribution in [0.4, 0.5) is 0 Å². The summed E-state index contributed by atoms with van der Waals surface area (Å²) in [5.41, 5.74) is 5.33. The molecule has 0 unspecified atom stereocenters. The summed E-state index contributed by atoms with van der Waals surface area (Å²) >= 11 is 0. The van der Waals surface area contributed by atoms with Crippen LogP contribution >= 0.6 is 0 Å². The molecule has 0 aliphatic heterocycles. The number of carbonyl (C=O) groups is 1. The number of sulfonamides is 1. The summed E-state index contributed by atoms with van der Waals surface area (Å²) in [6.45, 7) is 0.403. The van der Waals surface area contributed by atoms with Crippen molar-refractivity contribution in [3.63, 3.8) is 0 Å². The van der Waals surface area contributed by atoms with Gasteiger partial charge in [-0.1, -0.05) is 30.3 Å². The van der Waals surface area contributed by atoms with E-state index in [9.17, 15) is 13.2 Å². The SMILES string of the molecule is NC(=O)C1CCC(CNS(=O)(=O)c2ccc3ccccc3c2)CC1. The number of amides is 1. The number of hydrogen-bond donors (Lipinski definition) is 2. The maximum absolute atomic E-state index is 12.5. The van der Waals surface area contributed by atoms with E-state index in [4.69, 9.17) is 5.73 Å². The van der Waals surface area contributed by atoms with Gasteiger partial charge in [0.25, 0.3) is 0 Å². The van der Waals surface area contributed by atoms with Crippen molar-refractivity contribution in [3.8, 4) is 0 Å². The summed E-state index contributed by atoms with van der Waals surface area (Å²) in [4.78, 5) is 11.5. The zero-order chi connectivity index (χ0) is 17.2. The Kier molecular flexibility index (Phi) is 4.87. The van der Waals surface area contributed by atoms with Gasteiger partial charge in [-0.2, -0.15) is 0 Å². The van der Waals surface area contributed by atoms with Crippen LogP contribution in [0, 0.1) is 11.8 Å². The fraction of sp³-hybridized carbons (Fsp3) is 0.389. The summed E-state index contributed by atoms with van der Waals surface area (Å²) in [5, 5.41) is 1.92. The van der Waals surface area contributed by atoms with Crippen LogP contribution in [0.1, 0.15) is 25.7 Å². The van der Waals surface area contributed by atoms with Gasteiger partial charge in [0, 0.05) is 12.5 Å². The molecular formula is C18H22N2O3S. The summed E-state index contributed by atoms with van der Waals surface area (Å²) in [7, 11) is -3.52. The van der Waals surface area contributed by atoms with Crippen LogP contribution in [0.15, 0.2) is 47.4 Å². The van der Waals surface area contributed by atoms with Crippen LogP contribution in [-0.4, -0.2) is 20.9 Å². The molecule has 0 saturated heterocycles. The van der Waals surface area contributed by atoms with Gasteiger partial charge in [-0.05, 0) is 54.5 Å². The summed E-state index contributed by atoms with van der Waals surface area (Å²) < 4.78 is 27.7. The predicted molar refractivity (Wildman–Crippen MR) is 93.8 cm³/mol. The lowest BCUT2D eigenvalue weighted by Gasteiger charge is -2.26. The molecular weight excluding hydrogens is 324 g/mol. The van der Waals surface area contributed by atoms with Gasteiger partial charge in [0.15, 0.2) is 0 Å². The standard InChI is InChI=1S/C18H22N2O3S/c19-18(21)15-7-5-13(6-8-15)12-20-24(22,23)17-10-9-14-3-1-2-4-16(14)11-17/h1-4,9-11,13,15,20H,5-8,12H2,(H2,19,21). The van der Waals surface area contributed by atoms with Crippen molar-refractivity contribution in [2.24, 2.45) is 17.6 Å². The second kappa shape index (κ2) is 6.91. The van der Waals surface area contributed by atoms with Crippen LogP contribution in [0.25, 0.3) is 10.8 Å². The van der Waals surface area contributed by atoms with Crippen LogP contribution in [-0.2, 0) is 14.8 Å². The van der Waals surface area contributed by atoms with Gasteiger partial charge in [-0.15, -0.1) is 0 Å². The minimum Gasteiger partial charge on any atom is -0.369 e. The zero-order valence-corrected chi connectivity index (χ0v) is 14.3. The van der Waals surface area contributed by atoms with E-state index in [1.807, 2.05) is 30.3 Å². The van der Waals surface area contributed by atoms with E-state index in [2.05, 4.69) is 4.72 Å². The van der Waals surface area contributed by atoms with E-state index in [1.54, 1.807) is 12.1 Å². The van der Waals surface area contributed by atoms with Gasteiger partial charge in [0.2, 0.25) is 15.9 Å². The average Bonchev–Trinajstić information content (AvgIpc) is 2.60. The molecule has 1 aliphatic carbocycles. The molecule has 2 aromatic carbocycles. The van der Waals surface area contributed by atoms with Gasteiger partial charge in [0.1, 0.15) is 0 Å². The van der Waals surface area contributed by atoms with Crippen LogP contribution in [0.3, 0.4) is 0 Å². The highest BCUT2D eigenvalue weighted by atomic mass is 32.2. The molecule has 0 spiro atoms. The highest BCUT2D eigenvalue weighted by molar-refractivity contribution is 7.89. The maximum atomic E-state index is 12.5. The lowest BCUT2D eigenvalue weighted by molar-refractivity contribution is -0.122. The number of nitrogens with two attached hydrogens (primary N) is 1. The summed E-state index contributed by atoms with van der Waals surface area (Å²) in [6.07, 6.45) is 3.15. The van der Waals surface area contributed by atoms with E-state index in [-0.39, 0.29) is 22.6 Å². The number of fused-ring (bicyclic) bond motifs is 1. The molecule has 1 saturated carbocycles. The van der Waals surface area contributed by atoms with E-state index in [0.717, 1.165) is 36.5 Å². The highest BCUT2D eigenvalue weighted by Crippen LogP contribution is 2.28. The molecule has 3 rings (SSSR count). The van der Waals surface area contributed by atoms with Crippen molar-refractivity contribution in [2.75, 3.05) is 6.54 Å². The first-order valence-corrected chi connectivity index (χ1v) is 9.72. The minimum absolute atomic E-state index is 0.0571. The Labute approximate surface area is 142 Å². The molecule has 6 heteroatoms. The van der Waals surface area contributed by atoms with Gasteiger partial charge >= 0.3 is 0 Å². The average molecular weight is 346 g/mol. The molecule has 1 amide bonds. The van der Waals surface area contributed by atoms with E-state index >= 15 is 0 Å². The fourth-order valence-corrected chi connectivity index (χ4v) is 4.45. The largest absolute Gasteiger partial charge is 0.369 e. The molecule has 0 aromatic heterocycles. The summed E-state index contributed by atoms with van der Waals surface area (Å²) in [5.74, 6) is -0.0422. The van der Waals surface area contributed by atoms with E-state index in [1.165, 1.54) is 0 Å². The van der Waals surface area contributed by atoms with Crippen molar-refractivity contribution in [1.82, 2.24) is 4.72 Å². The topological polar surface area (TPSA) is 89.3 Å². The Morgan fingerprint density at radius 2 is 1.71 bits per heavy atom. The lowest BCUT2D eigenvalue weighted by Crippen LogP contribution is -2.33. The molecule has 0 bridgehead atoms. The van der Waals surface area contributed by atoms with E-state index < -0.39 is 10.0 Å².